The lowest BCUT2D eigenvalue weighted by Gasteiger charge is -2.29. The maximum atomic E-state index is 12.5. The Hall–Kier alpha value is -2.26. The zero-order valence-corrected chi connectivity index (χ0v) is 19.3. The normalized spacial score (nSPS) is 11.8. The number of rotatable bonds is 14. The van der Waals surface area contributed by atoms with Crippen LogP contribution in [0.25, 0.3) is 0 Å². The highest BCUT2D eigenvalue weighted by Gasteiger charge is 2.13. The number of ether oxygens (including phenoxy) is 2. The molecule has 0 saturated heterocycles. The summed E-state index contributed by atoms with van der Waals surface area (Å²) in [7, 11) is 0.221. The van der Waals surface area contributed by atoms with Crippen LogP contribution in [0.15, 0.2) is 42.5 Å². The standard InChI is InChI=1S/C23H34N2O5S/c1-29-22-11-7-6-9-18(22)14-16-24-15-8-4-5-10-21(26)19-12-13-23(30-2)20(17-19)25-31(3,27)28/h6-7,9,11-13,17,24-25,27-28H,4-5,8,10,14-16H2,1-3H3. The average molecular weight is 451 g/mol. The van der Waals surface area contributed by atoms with Crippen molar-refractivity contribution in [2.75, 3.05) is 38.3 Å². The fourth-order valence-corrected chi connectivity index (χ4v) is 3.86. The summed E-state index contributed by atoms with van der Waals surface area (Å²) in [6, 6.07) is 13.0. The molecule has 2 aromatic carbocycles. The van der Waals surface area contributed by atoms with Crippen LogP contribution in [-0.4, -0.2) is 48.5 Å². The minimum atomic E-state index is -2.96. The van der Waals surface area contributed by atoms with E-state index in [1.54, 1.807) is 25.3 Å². The van der Waals surface area contributed by atoms with Gasteiger partial charge in [0.15, 0.2) is 5.78 Å². The molecule has 0 atom stereocenters. The molecule has 2 rings (SSSR count). The van der Waals surface area contributed by atoms with Gasteiger partial charge in [-0.05, 0) is 62.2 Å². The Morgan fingerprint density at radius 1 is 0.968 bits per heavy atom. The lowest BCUT2D eigenvalue weighted by Crippen LogP contribution is -2.18. The fourth-order valence-electron chi connectivity index (χ4n) is 3.28. The number of carbonyl (C=O) groups is 1. The number of methoxy groups -OCH3 is 2. The summed E-state index contributed by atoms with van der Waals surface area (Å²) in [6.07, 6.45) is 5.43. The summed E-state index contributed by atoms with van der Waals surface area (Å²) in [5, 5.41) is 3.44. The van der Waals surface area contributed by atoms with E-state index in [1.807, 2.05) is 18.2 Å². The van der Waals surface area contributed by atoms with E-state index in [9.17, 15) is 13.9 Å². The van der Waals surface area contributed by atoms with Crippen molar-refractivity contribution in [2.24, 2.45) is 0 Å². The van der Waals surface area contributed by atoms with Gasteiger partial charge in [-0.2, -0.15) is 0 Å². The van der Waals surface area contributed by atoms with Crippen LogP contribution in [-0.2, 0) is 6.42 Å². The molecule has 0 aliphatic carbocycles. The van der Waals surface area contributed by atoms with Crippen LogP contribution >= 0.6 is 10.8 Å². The number of unbranched alkanes of at least 4 members (excludes halogenated alkanes) is 2. The number of carbonyl (C=O) groups excluding carboxylic acids is 1. The molecule has 2 aromatic rings. The number of hydrogen-bond donors (Lipinski definition) is 4. The number of hydrogen-bond acceptors (Lipinski definition) is 7. The van der Waals surface area contributed by atoms with Gasteiger partial charge in [0.2, 0.25) is 0 Å². The molecule has 0 aromatic heterocycles. The van der Waals surface area contributed by atoms with Crippen LogP contribution in [0, 0.1) is 0 Å². The van der Waals surface area contributed by atoms with Gasteiger partial charge in [0.1, 0.15) is 11.5 Å². The molecule has 0 bridgehead atoms. The lowest BCUT2D eigenvalue weighted by atomic mass is 10.0. The summed E-state index contributed by atoms with van der Waals surface area (Å²) >= 11 is 0. The van der Waals surface area contributed by atoms with E-state index in [1.165, 1.54) is 18.9 Å². The first-order valence-corrected chi connectivity index (χ1v) is 12.3. The highest BCUT2D eigenvalue weighted by molar-refractivity contribution is 8.24. The Labute approximate surface area is 186 Å². The molecule has 172 valence electrons. The van der Waals surface area contributed by atoms with E-state index in [4.69, 9.17) is 9.47 Å². The largest absolute Gasteiger partial charge is 0.496 e. The van der Waals surface area contributed by atoms with Crippen LogP contribution in [0.2, 0.25) is 0 Å². The third-order valence-electron chi connectivity index (χ3n) is 4.85. The SMILES string of the molecule is COc1ccccc1CCNCCCCCC(=O)c1ccc(OC)c(NS(C)(O)O)c1. The maximum Gasteiger partial charge on any atom is 0.162 e. The summed E-state index contributed by atoms with van der Waals surface area (Å²) in [4.78, 5) is 12.5. The zero-order chi connectivity index (χ0) is 22.7. The number of nitrogens with one attached hydrogen (secondary N) is 2. The summed E-state index contributed by atoms with van der Waals surface area (Å²) in [5.41, 5.74) is 2.12. The highest BCUT2D eigenvalue weighted by Crippen LogP contribution is 2.38. The van der Waals surface area contributed by atoms with Gasteiger partial charge in [-0.1, -0.05) is 24.6 Å². The molecular weight excluding hydrogens is 416 g/mol. The lowest BCUT2D eigenvalue weighted by molar-refractivity contribution is 0.0979. The number of anilines is 1. The van der Waals surface area contributed by atoms with Gasteiger partial charge in [-0.25, -0.2) is 0 Å². The second-order valence-corrected chi connectivity index (χ2v) is 9.27. The van der Waals surface area contributed by atoms with E-state index in [0.717, 1.165) is 44.5 Å². The van der Waals surface area contributed by atoms with E-state index in [-0.39, 0.29) is 5.78 Å². The highest BCUT2D eigenvalue weighted by atomic mass is 32.3. The number of ketones is 1. The Balaban J connectivity index is 1.68. The van der Waals surface area contributed by atoms with E-state index < -0.39 is 10.8 Å². The second kappa shape index (κ2) is 12.6. The van der Waals surface area contributed by atoms with Gasteiger partial charge in [-0.15, -0.1) is 10.8 Å². The number of Topliss-reactive ketones (excluding diaryl/α,β-unsaturated/α-hetero) is 1. The summed E-state index contributed by atoms with van der Waals surface area (Å²) in [5.74, 6) is 1.41. The van der Waals surface area contributed by atoms with Crippen molar-refractivity contribution in [3.63, 3.8) is 0 Å². The van der Waals surface area contributed by atoms with Gasteiger partial charge in [0.25, 0.3) is 0 Å². The third-order valence-corrected chi connectivity index (χ3v) is 5.45. The smallest absolute Gasteiger partial charge is 0.162 e. The monoisotopic (exact) mass is 450 g/mol. The Morgan fingerprint density at radius 2 is 1.71 bits per heavy atom. The van der Waals surface area contributed by atoms with E-state index in [0.29, 0.717) is 23.4 Å². The second-order valence-electron chi connectivity index (χ2n) is 7.40. The summed E-state index contributed by atoms with van der Waals surface area (Å²) in [6.45, 7) is 1.80. The predicted octanol–water partition coefficient (Wildman–Crippen LogP) is 4.99. The summed E-state index contributed by atoms with van der Waals surface area (Å²) < 4.78 is 32.5. The molecule has 7 nitrogen and oxygen atoms in total. The molecule has 0 aliphatic rings. The van der Waals surface area contributed by atoms with Gasteiger partial charge in [0.05, 0.1) is 19.9 Å². The van der Waals surface area contributed by atoms with Crippen LogP contribution in [0.4, 0.5) is 5.69 Å². The van der Waals surface area contributed by atoms with E-state index in [2.05, 4.69) is 16.1 Å². The van der Waals surface area contributed by atoms with Crippen molar-refractivity contribution < 1.29 is 23.4 Å². The molecule has 0 heterocycles. The molecule has 8 heteroatoms. The minimum Gasteiger partial charge on any atom is -0.496 e. The minimum absolute atomic E-state index is 0.0300. The van der Waals surface area contributed by atoms with Crippen molar-refractivity contribution in [1.29, 1.82) is 0 Å². The Kier molecular flexibility index (Phi) is 10.1. The molecule has 0 unspecified atom stereocenters. The molecule has 0 spiro atoms. The van der Waals surface area contributed by atoms with Crippen molar-refractivity contribution in [3.8, 4) is 11.5 Å². The molecule has 0 aliphatic heterocycles. The van der Waals surface area contributed by atoms with Gasteiger partial charge >= 0.3 is 0 Å². The third kappa shape index (κ3) is 8.78. The van der Waals surface area contributed by atoms with Gasteiger partial charge < -0.3 is 14.8 Å². The molecule has 31 heavy (non-hydrogen) atoms. The van der Waals surface area contributed by atoms with Crippen LogP contribution < -0.4 is 19.5 Å². The topological polar surface area (TPSA) is 100 Å². The van der Waals surface area contributed by atoms with Gasteiger partial charge in [0, 0.05) is 18.2 Å². The molecule has 0 saturated carbocycles. The molecule has 0 radical (unpaired) electrons. The maximum absolute atomic E-state index is 12.5. The van der Waals surface area contributed by atoms with Crippen molar-refractivity contribution in [2.45, 2.75) is 32.1 Å². The number of para-hydroxylation sites is 1. The van der Waals surface area contributed by atoms with Crippen molar-refractivity contribution >= 4 is 22.2 Å². The van der Waals surface area contributed by atoms with Crippen LogP contribution in [0.1, 0.15) is 41.6 Å². The van der Waals surface area contributed by atoms with Crippen molar-refractivity contribution in [1.82, 2.24) is 5.32 Å². The average Bonchev–Trinajstić information content (AvgIpc) is 2.74. The van der Waals surface area contributed by atoms with E-state index >= 15 is 0 Å². The Bertz CT molecular complexity index is 839. The quantitative estimate of drug-likeness (QED) is 0.238. The first kappa shape index (κ1) is 25.0. The number of benzene rings is 2. The molecule has 4 N–H and O–H groups in total. The molecule has 0 fully saturated rings. The molecular formula is C23H34N2O5S. The molecule has 0 amide bonds. The van der Waals surface area contributed by atoms with Crippen molar-refractivity contribution in [3.05, 3.63) is 53.6 Å². The first-order chi connectivity index (χ1) is 14.8. The Morgan fingerprint density at radius 3 is 2.42 bits per heavy atom. The first-order valence-electron chi connectivity index (χ1n) is 10.4. The predicted molar refractivity (Wildman–Crippen MR) is 128 cm³/mol. The van der Waals surface area contributed by atoms with Crippen LogP contribution in [0.3, 0.4) is 0 Å². The zero-order valence-electron chi connectivity index (χ0n) is 18.5. The fraction of sp³-hybridized carbons (Fsp3) is 0.435. The van der Waals surface area contributed by atoms with Gasteiger partial charge in [-0.3, -0.25) is 18.6 Å². The van der Waals surface area contributed by atoms with Crippen LogP contribution in [0.5, 0.6) is 11.5 Å².